The van der Waals surface area contributed by atoms with E-state index < -0.39 is 0 Å². The molecule has 0 bridgehead atoms. The van der Waals surface area contributed by atoms with E-state index in [4.69, 9.17) is 4.74 Å². The number of amides is 1. The van der Waals surface area contributed by atoms with Crippen molar-refractivity contribution in [1.82, 2.24) is 5.32 Å². The van der Waals surface area contributed by atoms with Crippen molar-refractivity contribution in [2.24, 2.45) is 0 Å². The van der Waals surface area contributed by atoms with E-state index in [0.29, 0.717) is 17.5 Å². The quantitative estimate of drug-likeness (QED) is 0.647. The molecule has 94 valence electrons. The molecule has 0 saturated heterocycles. The van der Waals surface area contributed by atoms with Gasteiger partial charge in [0.25, 0.3) is 5.91 Å². The molecular weight excluding hydrogens is 302 g/mol. The fourth-order valence-corrected chi connectivity index (χ4v) is 2.37. The van der Waals surface area contributed by atoms with Crippen molar-refractivity contribution in [3.05, 3.63) is 29.8 Å². The van der Waals surface area contributed by atoms with Crippen LogP contribution in [-0.2, 0) is 4.74 Å². The minimum Gasteiger partial charge on any atom is -0.383 e. The molecule has 17 heavy (non-hydrogen) atoms. The van der Waals surface area contributed by atoms with Crippen LogP contribution in [0.1, 0.15) is 10.4 Å². The predicted octanol–water partition coefficient (Wildman–Crippen LogP) is 2.55. The monoisotopic (exact) mass is 317 g/mol. The van der Waals surface area contributed by atoms with Crippen LogP contribution < -0.4 is 5.32 Å². The van der Waals surface area contributed by atoms with Crippen LogP contribution >= 0.6 is 27.7 Å². The van der Waals surface area contributed by atoms with Crippen molar-refractivity contribution in [2.45, 2.75) is 10.9 Å². The van der Waals surface area contributed by atoms with Gasteiger partial charge >= 0.3 is 0 Å². The molecule has 1 rings (SSSR count). The van der Waals surface area contributed by atoms with Crippen molar-refractivity contribution in [3.8, 4) is 0 Å². The van der Waals surface area contributed by atoms with Crippen LogP contribution in [0.3, 0.4) is 0 Å². The summed E-state index contributed by atoms with van der Waals surface area (Å²) in [5, 5.41) is 3.61. The normalized spacial score (nSPS) is 12.2. The van der Waals surface area contributed by atoms with E-state index in [9.17, 15) is 4.79 Å². The second-order valence-corrected chi connectivity index (χ2v) is 4.98. The third kappa shape index (κ3) is 4.33. The lowest BCUT2D eigenvalue weighted by atomic mass is 10.2. The summed E-state index contributed by atoms with van der Waals surface area (Å²) in [6.07, 6.45) is 1.96. The second kappa shape index (κ2) is 7.74. The molecule has 1 amide bonds. The largest absolute Gasteiger partial charge is 0.383 e. The molecule has 5 heteroatoms. The number of methoxy groups -OCH3 is 1. The van der Waals surface area contributed by atoms with Crippen molar-refractivity contribution in [1.29, 1.82) is 0 Å². The van der Waals surface area contributed by atoms with Gasteiger partial charge in [-0.25, -0.2) is 0 Å². The molecule has 1 N–H and O–H groups in total. The van der Waals surface area contributed by atoms with E-state index >= 15 is 0 Å². The third-order valence-electron chi connectivity index (χ3n) is 2.24. The number of rotatable bonds is 6. The van der Waals surface area contributed by atoms with Crippen LogP contribution in [0.5, 0.6) is 0 Å². The number of hydrogen-bond acceptors (Lipinski definition) is 3. The maximum atomic E-state index is 12.1. The average Bonchev–Trinajstić information content (AvgIpc) is 2.38. The number of ether oxygens (including phenoxy) is 1. The molecule has 1 aromatic rings. The van der Waals surface area contributed by atoms with Crippen molar-refractivity contribution in [2.75, 3.05) is 25.3 Å². The van der Waals surface area contributed by atoms with E-state index in [2.05, 4.69) is 21.2 Å². The lowest BCUT2D eigenvalue weighted by Crippen LogP contribution is -2.39. The van der Waals surface area contributed by atoms with Gasteiger partial charge in [-0.2, -0.15) is 0 Å². The molecule has 3 nitrogen and oxygen atoms in total. The zero-order valence-electron chi connectivity index (χ0n) is 9.90. The molecule has 0 heterocycles. The number of carbonyl (C=O) groups excluding carboxylic acids is 1. The van der Waals surface area contributed by atoms with Gasteiger partial charge in [-0.05, 0) is 18.4 Å². The Hall–Kier alpha value is -0.520. The summed E-state index contributed by atoms with van der Waals surface area (Å²) < 4.78 is 5.04. The molecule has 1 aromatic carbocycles. The van der Waals surface area contributed by atoms with Crippen molar-refractivity contribution < 1.29 is 9.53 Å². The number of benzene rings is 1. The van der Waals surface area contributed by atoms with Crippen LogP contribution in [0.25, 0.3) is 0 Å². The van der Waals surface area contributed by atoms with Gasteiger partial charge in [-0.3, -0.25) is 4.79 Å². The molecule has 1 atom stereocenters. The first-order valence-corrected chi connectivity index (χ1v) is 7.56. The predicted molar refractivity (Wildman–Crippen MR) is 75.1 cm³/mol. The molecule has 0 fully saturated rings. The fraction of sp³-hybridized carbons (Fsp3) is 0.417. The van der Waals surface area contributed by atoms with E-state index in [1.165, 1.54) is 0 Å². The van der Waals surface area contributed by atoms with Crippen molar-refractivity contribution in [3.63, 3.8) is 0 Å². The van der Waals surface area contributed by atoms with E-state index in [1.807, 2.05) is 30.5 Å². The fourth-order valence-electron chi connectivity index (χ4n) is 1.42. The number of hydrogen-bond donors (Lipinski definition) is 1. The van der Waals surface area contributed by atoms with Gasteiger partial charge < -0.3 is 10.1 Å². The Labute approximate surface area is 114 Å². The Kier molecular flexibility index (Phi) is 6.62. The van der Waals surface area contributed by atoms with Gasteiger partial charge in [0.15, 0.2) is 0 Å². The molecule has 0 saturated carbocycles. The van der Waals surface area contributed by atoms with E-state index in [1.54, 1.807) is 18.9 Å². The molecule has 0 aliphatic carbocycles. The second-order valence-electron chi connectivity index (χ2n) is 3.48. The van der Waals surface area contributed by atoms with Crippen LogP contribution in [0.4, 0.5) is 0 Å². The number of carbonyl (C=O) groups is 1. The summed E-state index contributed by atoms with van der Waals surface area (Å²) in [6.45, 7) is 0.498. The third-order valence-corrected chi connectivity index (χ3v) is 3.82. The van der Waals surface area contributed by atoms with Gasteiger partial charge in [-0.15, -0.1) is 11.8 Å². The minimum absolute atomic E-state index is 0.0117. The molecular formula is C12H16BrNO2S. The standard InChI is InChI=1S/C12H16BrNO2S/c1-16-8-9(7-13)14-12(15)10-5-3-4-6-11(10)17-2/h3-6,9H,7-8H2,1-2H3,(H,14,15). The number of nitrogens with one attached hydrogen (secondary N) is 1. The average molecular weight is 318 g/mol. The molecule has 0 spiro atoms. The summed E-state index contributed by atoms with van der Waals surface area (Å²) in [7, 11) is 1.62. The van der Waals surface area contributed by atoms with Gasteiger partial charge in [0.05, 0.1) is 18.2 Å². The van der Waals surface area contributed by atoms with Gasteiger partial charge in [-0.1, -0.05) is 28.1 Å². The molecule has 1 unspecified atom stereocenters. The lowest BCUT2D eigenvalue weighted by molar-refractivity contribution is 0.0905. The Morgan fingerprint density at radius 1 is 1.53 bits per heavy atom. The van der Waals surface area contributed by atoms with Crippen LogP contribution in [0, 0.1) is 0 Å². The van der Waals surface area contributed by atoms with Gasteiger partial charge in [0.1, 0.15) is 0 Å². The summed E-state index contributed by atoms with van der Waals surface area (Å²) in [4.78, 5) is 13.0. The number of alkyl halides is 1. The zero-order valence-corrected chi connectivity index (χ0v) is 12.3. The summed E-state index contributed by atoms with van der Waals surface area (Å²) in [5.74, 6) is -0.0588. The van der Waals surface area contributed by atoms with Gasteiger partial charge in [0.2, 0.25) is 0 Å². The molecule has 0 aromatic heterocycles. The molecule has 0 aliphatic heterocycles. The molecule has 0 radical (unpaired) electrons. The van der Waals surface area contributed by atoms with Crippen molar-refractivity contribution >= 4 is 33.6 Å². The number of thioether (sulfide) groups is 1. The van der Waals surface area contributed by atoms with Crippen LogP contribution in [0.15, 0.2) is 29.2 Å². The Bertz CT molecular complexity index is 373. The smallest absolute Gasteiger partial charge is 0.252 e. The highest BCUT2D eigenvalue weighted by molar-refractivity contribution is 9.09. The topological polar surface area (TPSA) is 38.3 Å². The maximum absolute atomic E-state index is 12.1. The first-order valence-electron chi connectivity index (χ1n) is 5.21. The van der Waals surface area contributed by atoms with E-state index in [-0.39, 0.29) is 11.9 Å². The Morgan fingerprint density at radius 2 is 2.24 bits per heavy atom. The molecule has 0 aliphatic rings. The van der Waals surface area contributed by atoms with Crippen LogP contribution in [0.2, 0.25) is 0 Å². The van der Waals surface area contributed by atoms with E-state index in [0.717, 1.165) is 4.90 Å². The Balaban J connectivity index is 2.75. The highest BCUT2D eigenvalue weighted by atomic mass is 79.9. The van der Waals surface area contributed by atoms with Crippen LogP contribution in [-0.4, -0.2) is 37.3 Å². The zero-order chi connectivity index (χ0) is 12.7. The first kappa shape index (κ1) is 14.5. The highest BCUT2D eigenvalue weighted by Gasteiger charge is 2.14. The highest BCUT2D eigenvalue weighted by Crippen LogP contribution is 2.19. The lowest BCUT2D eigenvalue weighted by Gasteiger charge is -2.16. The van der Waals surface area contributed by atoms with Gasteiger partial charge in [0, 0.05) is 17.3 Å². The maximum Gasteiger partial charge on any atom is 0.252 e. The summed E-state index contributed by atoms with van der Waals surface area (Å²) in [6, 6.07) is 7.56. The summed E-state index contributed by atoms with van der Waals surface area (Å²) >= 11 is 4.92. The first-order chi connectivity index (χ1) is 8.22. The number of halogens is 1. The summed E-state index contributed by atoms with van der Waals surface area (Å²) in [5.41, 5.74) is 0.710. The SMILES string of the molecule is COCC(CBr)NC(=O)c1ccccc1SC. The minimum atomic E-state index is -0.0588. The Morgan fingerprint density at radius 3 is 2.82 bits per heavy atom.